The molecule has 1 amide bonds. The van der Waals surface area contributed by atoms with Crippen LogP contribution in [0.2, 0.25) is 0 Å². The summed E-state index contributed by atoms with van der Waals surface area (Å²) in [7, 11) is 0. The average Bonchev–Trinajstić information content (AvgIpc) is 2.98. The molecule has 2 aromatic carbocycles. The van der Waals surface area contributed by atoms with Gasteiger partial charge in [0.1, 0.15) is 11.5 Å². The van der Waals surface area contributed by atoms with Crippen LogP contribution < -0.4 is 11.0 Å². The number of H-pyrrole nitrogens is 1. The van der Waals surface area contributed by atoms with Crippen LogP contribution in [0.5, 0.6) is 0 Å². The van der Waals surface area contributed by atoms with Gasteiger partial charge in [-0.1, -0.05) is 48.5 Å². The Balaban J connectivity index is 1.66. The van der Waals surface area contributed by atoms with Crippen molar-refractivity contribution in [2.24, 2.45) is 0 Å². The second-order valence-corrected chi connectivity index (χ2v) is 5.65. The van der Waals surface area contributed by atoms with Gasteiger partial charge >= 0.3 is 5.69 Å². The van der Waals surface area contributed by atoms with E-state index >= 15 is 0 Å². The predicted octanol–water partition coefficient (Wildman–Crippen LogP) is 2.34. The van der Waals surface area contributed by atoms with E-state index in [1.165, 1.54) is 16.8 Å². The van der Waals surface area contributed by atoms with Crippen LogP contribution in [0.1, 0.15) is 21.6 Å². The van der Waals surface area contributed by atoms with E-state index in [1.54, 1.807) is 18.2 Å². The predicted molar refractivity (Wildman–Crippen MR) is 93.0 cm³/mol. The maximum atomic E-state index is 13.6. The Morgan fingerprint density at radius 2 is 1.80 bits per heavy atom. The van der Waals surface area contributed by atoms with Crippen LogP contribution in [-0.2, 0) is 13.0 Å². The number of rotatable bonds is 6. The fourth-order valence-electron chi connectivity index (χ4n) is 2.61. The van der Waals surface area contributed by atoms with Crippen LogP contribution in [0.4, 0.5) is 4.39 Å². The molecule has 0 aliphatic heterocycles. The lowest BCUT2D eigenvalue weighted by Gasteiger charge is -2.09. The Hall–Kier alpha value is -3.15. The number of benzene rings is 2. The van der Waals surface area contributed by atoms with Crippen LogP contribution in [0.3, 0.4) is 0 Å². The van der Waals surface area contributed by atoms with Crippen molar-refractivity contribution in [2.45, 2.75) is 13.0 Å². The number of imidazole rings is 1. The molecule has 0 saturated carbocycles. The highest BCUT2D eigenvalue weighted by Crippen LogP contribution is 2.07. The highest BCUT2D eigenvalue weighted by molar-refractivity contribution is 5.92. The average molecular weight is 339 g/mol. The lowest BCUT2D eigenvalue weighted by Crippen LogP contribution is -2.30. The van der Waals surface area contributed by atoms with Crippen molar-refractivity contribution in [3.8, 4) is 0 Å². The first-order chi connectivity index (χ1) is 12.1. The quantitative estimate of drug-likeness (QED) is 0.724. The van der Waals surface area contributed by atoms with Gasteiger partial charge in [0.2, 0.25) is 0 Å². The number of hydrogen-bond acceptors (Lipinski definition) is 2. The number of hydrogen-bond donors (Lipinski definition) is 2. The summed E-state index contributed by atoms with van der Waals surface area (Å²) in [6.07, 6.45) is 1.77. The van der Waals surface area contributed by atoms with E-state index < -0.39 is 0 Å². The summed E-state index contributed by atoms with van der Waals surface area (Å²) < 4.78 is 15.0. The summed E-state index contributed by atoms with van der Waals surface area (Å²) in [5.74, 6) is -0.662. The minimum Gasteiger partial charge on any atom is -0.350 e. The molecule has 128 valence electrons. The lowest BCUT2D eigenvalue weighted by atomic mass is 10.1. The van der Waals surface area contributed by atoms with Crippen LogP contribution in [-0.4, -0.2) is 22.0 Å². The van der Waals surface area contributed by atoms with Gasteiger partial charge in [-0.2, -0.15) is 0 Å². The molecular weight excluding hydrogens is 321 g/mol. The van der Waals surface area contributed by atoms with E-state index in [0.29, 0.717) is 18.5 Å². The third kappa shape index (κ3) is 4.03. The van der Waals surface area contributed by atoms with Crippen molar-refractivity contribution in [3.05, 3.63) is 93.9 Å². The molecule has 1 heterocycles. The number of carbonyl (C=O) groups excluding carboxylic acids is 1. The minimum absolute atomic E-state index is 0.252. The third-order valence-corrected chi connectivity index (χ3v) is 3.92. The van der Waals surface area contributed by atoms with Crippen LogP contribution in [0, 0.1) is 5.82 Å². The van der Waals surface area contributed by atoms with E-state index in [2.05, 4.69) is 10.3 Å². The first kappa shape index (κ1) is 16.7. The van der Waals surface area contributed by atoms with Crippen molar-refractivity contribution >= 4 is 5.91 Å². The van der Waals surface area contributed by atoms with Gasteiger partial charge in [-0.25, -0.2) is 9.18 Å². The molecule has 2 N–H and O–H groups in total. The molecule has 0 saturated heterocycles. The summed E-state index contributed by atoms with van der Waals surface area (Å²) in [6.45, 7) is 0.587. The maximum absolute atomic E-state index is 13.6. The molecule has 0 fully saturated rings. The van der Waals surface area contributed by atoms with Gasteiger partial charge in [-0.15, -0.1) is 0 Å². The first-order valence-corrected chi connectivity index (χ1v) is 7.99. The number of nitrogens with zero attached hydrogens (tertiary/aromatic N) is 1. The zero-order valence-corrected chi connectivity index (χ0v) is 13.5. The molecule has 6 heteroatoms. The monoisotopic (exact) mass is 339 g/mol. The van der Waals surface area contributed by atoms with Gasteiger partial charge in [0, 0.05) is 12.7 Å². The molecule has 0 aliphatic rings. The maximum Gasteiger partial charge on any atom is 0.326 e. The number of aromatic nitrogens is 2. The van der Waals surface area contributed by atoms with Crippen molar-refractivity contribution in [3.63, 3.8) is 0 Å². The number of aromatic amines is 1. The summed E-state index contributed by atoms with van der Waals surface area (Å²) in [6, 6.07) is 15.9. The number of nitrogens with one attached hydrogen (secondary N) is 2. The molecule has 25 heavy (non-hydrogen) atoms. The lowest BCUT2D eigenvalue weighted by molar-refractivity contribution is 0.0945. The highest BCUT2D eigenvalue weighted by atomic mass is 19.1. The largest absolute Gasteiger partial charge is 0.350 e. The molecule has 3 aromatic rings. The van der Waals surface area contributed by atoms with Gasteiger partial charge in [0.15, 0.2) is 0 Å². The molecular formula is C19H18FN3O2. The Morgan fingerprint density at radius 1 is 1.08 bits per heavy atom. The second-order valence-electron chi connectivity index (χ2n) is 5.65. The summed E-state index contributed by atoms with van der Waals surface area (Å²) in [4.78, 5) is 26.9. The Morgan fingerprint density at radius 3 is 2.56 bits per heavy atom. The standard InChI is InChI=1S/C19H18FN3O2/c20-16-9-5-4-8-15(16)10-11-21-18(24)17-12-22-19(25)23(17)13-14-6-2-1-3-7-14/h1-9,12H,10-11,13H2,(H,21,24)(H,22,25). The van der Waals surface area contributed by atoms with E-state index in [4.69, 9.17) is 0 Å². The zero-order valence-electron chi connectivity index (χ0n) is 13.5. The zero-order chi connectivity index (χ0) is 17.6. The first-order valence-electron chi connectivity index (χ1n) is 7.99. The number of halogens is 1. The molecule has 0 unspecified atom stereocenters. The van der Waals surface area contributed by atoms with E-state index in [1.807, 2.05) is 30.3 Å². The fourth-order valence-corrected chi connectivity index (χ4v) is 2.61. The smallest absolute Gasteiger partial charge is 0.326 e. The van der Waals surface area contributed by atoms with Gasteiger partial charge in [-0.3, -0.25) is 9.36 Å². The summed E-state index contributed by atoms with van der Waals surface area (Å²) in [5, 5.41) is 2.73. The van der Waals surface area contributed by atoms with Crippen molar-refractivity contribution in [1.82, 2.24) is 14.9 Å². The highest BCUT2D eigenvalue weighted by Gasteiger charge is 2.14. The fraction of sp³-hybridized carbons (Fsp3) is 0.158. The van der Waals surface area contributed by atoms with Gasteiger partial charge < -0.3 is 10.3 Å². The molecule has 0 radical (unpaired) electrons. The van der Waals surface area contributed by atoms with E-state index in [9.17, 15) is 14.0 Å². The van der Waals surface area contributed by atoms with Gasteiger partial charge in [0.25, 0.3) is 5.91 Å². The molecule has 0 atom stereocenters. The number of amides is 1. The summed E-state index contributed by atoms with van der Waals surface area (Å²) in [5.41, 5.74) is 1.37. The van der Waals surface area contributed by atoms with Gasteiger partial charge in [0.05, 0.1) is 6.54 Å². The van der Waals surface area contributed by atoms with E-state index in [0.717, 1.165) is 5.56 Å². The molecule has 5 nitrogen and oxygen atoms in total. The topological polar surface area (TPSA) is 66.9 Å². The second kappa shape index (κ2) is 7.61. The van der Waals surface area contributed by atoms with Crippen molar-refractivity contribution < 1.29 is 9.18 Å². The van der Waals surface area contributed by atoms with Crippen LogP contribution in [0.15, 0.2) is 65.6 Å². The molecule has 0 aliphatic carbocycles. The Kier molecular flexibility index (Phi) is 5.09. The summed E-state index contributed by atoms with van der Waals surface area (Å²) >= 11 is 0. The normalized spacial score (nSPS) is 10.6. The Bertz CT molecular complexity index is 916. The Labute approximate surface area is 144 Å². The molecule has 0 spiro atoms. The van der Waals surface area contributed by atoms with Crippen molar-refractivity contribution in [2.75, 3.05) is 6.54 Å². The molecule has 0 bridgehead atoms. The third-order valence-electron chi connectivity index (χ3n) is 3.92. The van der Waals surface area contributed by atoms with Crippen LogP contribution >= 0.6 is 0 Å². The minimum atomic E-state index is -0.370. The molecule has 1 aromatic heterocycles. The van der Waals surface area contributed by atoms with Gasteiger partial charge in [-0.05, 0) is 23.6 Å². The number of carbonyl (C=O) groups is 1. The van der Waals surface area contributed by atoms with Crippen molar-refractivity contribution in [1.29, 1.82) is 0 Å². The SMILES string of the molecule is O=C(NCCc1ccccc1F)c1c[nH]c(=O)n1Cc1ccccc1. The molecule has 3 rings (SSSR count). The van der Waals surface area contributed by atoms with Crippen LogP contribution in [0.25, 0.3) is 0 Å². The van der Waals surface area contributed by atoms with E-state index in [-0.39, 0.29) is 29.7 Å².